The number of anilines is 2. The molecule has 9 nitrogen and oxygen atoms in total. The highest BCUT2D eigenvalue weighted by Gasteiger charge is 2.18. The summed E-state index contributed by atoms with van der Waals surface area (Å²) >= 11 is 0. The quantitative estimate of drug-likeness (QED) is 0.548. The molecule has 0 bridgehead atoms. The van der Waals surface area contributed by atoms with Gasteiger partial charge in [0, 0.05) is 18.7 Å². The molecule has 1 saturated heterocycles. The summed E-state index contributed by atoms with van der Waals surface area (Å²) in [5.74, 6) is 2.22. The van der Waals surface area contributed by atoms with Crippen molar-refractivity contribution in [1.82, 2.24) is 29.5 Å². The molecular formula is C19H22N8O. The van der Waals surface area contributed by atoms with Crippen LogP contribution >= 0.6 is 0 Å². The molecule has 0 saturated carbocycles. The lowest BCUT2D eigenvalue weighted by Crippen LogP contribution is -2.37. The molecule has 0 atom stereocenters. The monoisotopic (exact) mass is 378 g/mol. The number of nitrogens with zero attached hydrogens (tertiary/aromatic N) is 6. The first-order valence-corrected chi connectivity index (χ1v) is 9.56. The molecule has 1 aliphatic heterocycles. The van der Waals surface area contributed by atoms with Gasteiger partial charge in [0.25, 0.3) is 0 Å². The van der Waals surface area contributed by atoms with Crippen molar-refractivity contribution in [1.29, 1.82) is 0 Å². The van der Waals surface area contributed by atoms with Crippen molar-refractivity contribution < 1.29 is 4.74 Å². The SMILES string of the molecule is CCc1cnn2c(NCc3nc4ccccc4[nH]3)nc(N3CCOCC3)nc12. The summed E-state index contributed by atoms with van der Waals surface area (Å²) in [4.78, 5) is 19.6. The first-order valence-electron chi connectivity index (χ1n) is 9.56. The second-order valence-corrected chi connectivity index (χ2v) is 6.76. The van der Waals surface area contributed by atoms with E-state index in [4.69, 9.17) is 14.7 Å². The number of ether oxygens (including phenoxy) is 1. The fourth-order valence-corrected chi connectivity index (χ4v) is 3.43. The Morgan fingerprint density at radius 1 is 1.14 bits per heavy atom. The largest absolute Gasteiger partial charge is 0.378 e. The zero-order valence-electron chi connectivity index (χ0n) is 15.7. The van der Waals surface area contributed by atoms with Gasteiger partial charge in [-0.2, -0.15) is 19.6 Å². The number of imidazole rings is 1. The van der Waals surface area contributed by atoms with Crippen LogP contribution in [0.5, 0.6) is 0 Å². The Balaban J connectivity index is 1.48. The van der Waals surface area contributed by atoms with Gasteiger partial charge >= 0.3 is 0 Å². The summed E-state index contributed by atoms with van der Waals surface area (Å²) < 4.78 is 7.23. The molecule has 3 aromatic heterocycles. The van der Waals surface area contributed by atoms with Crippen LogP contribution in [0.3, 0.4) is 0 Å². The number of hydrogen-bond acceptors (Lipinski definition) is 7. The van der Waals surface area contributed by atoms with Gasteiger partial charge in [-0.25, -0.2) is 4.98 Å². The van der Waals surface area contributed by atoms with Crippen molar-refractivity contribution in [3.8, 4) is 0 Å². The van der Waals surface area contributed by atoms with Gasteiger partial charge in [0.05, 0.1) is 37.0 Å². The molecule has 144 valence electrons. The molecule has 0 spiro atoms. The maximum Gasteiger partial charge on any atom is 0.230 e. The zero-order chi connectivity index (χ0) is 18.9. The lowest BCUT2D eigenvalue weighted by molar-refractivity contribution is 0.122. The standard InChI is InChI=1S/C19H22N8O/c1-2-13-11-21-27-17(13)24-19(26-7-9-28-10-8-26)25-18(27)20-12-16-22-14-5-3-4-6-15(14)23-16/h3-6,11H,2,7-10,12H2,1H3,(H,22,23)(H,20,24,25). The van der Waals surface area contributed by atoms with Crippen LogP contribution in [-0.4, -0.2) is 55.9 Å². The van der Waals surface area contributed by atoms with E-state index in [1.165, 1.54) is 0 Å². The van der Waals surface area contributed by atoms with E-state index in [0.717, 1.165) is 47.6 Å². The van der Waals surface area contributed by atoms with Crippen molar-refractivity contribution >= 4 is 28.6 Å². The highest BCUT2D eigenvalue weighted by Crippen LogP contribution is 2.20. The molecule has 4 heterocycles. The summed E-state index contributed by atoms with van der Waals surface area (Å²) in [7, 11) is 0. The highest BCUT2D eigenvalue weighted by atomic mass is 16.5. The third-order valence-electron chi connectivity index (χ3n) is 4.96. The van der Waals surface area contributed by atoms with Crippen LogP contribution in [-0.2, 0) is 17.7 Å². The number of nitrogens with one attached hydrogen (secondary N) is 2. The molecule has 2 N–H and O–H groups in total. The van der Waals surface area contributed by atoms with Crippen LogP contribution in [0.4, 0.5) is 11.9 Å². The molecule has 1 aliphatic rings. The molecule has 0 radical (unpaired) electrons. The van der Waals surface area contributed by atoms with Gasteiger partial charge in [-0.15, -0.1) is 0 Å². The van der Waals surface area contributed by atoms with E-state index >= 15 is 0 Å². The van der Waals surface area contributed by atoms with Crippen LogP contribution < -0.4 is 10.2 Å². The molecule has 5 rings (SSSR count). The molecule has 1 aromatic carbocycles. The van der Waals surface area contributed by atoms with Crippen LogP contribution in [0.25, 0.3) is 16.7 Å². The van der Waals surface area contributed by atoms with Crippen LogP contribution in [0, 0.1) is 0 Å². The second kappa shape index (κ2) is 7.08. The van der Waals surface area contributed by atoms with Crippen molar-refractivity contribution in [3.05, 3.63) is 41.9 Å². The van der Waals surface area contributed by atoms with Crippen LogP contribution in [0.1, 0.15) is 18.3 Å². The Labute approximate surface area is 161 Å². The third-order valence-corrected chi connectivity index (χ3v) is 4.96. The van der Waals surface area contributed by atoms with Gasteiger partial charge in [-0.1, -0.05) is 19.1 Å². The number of hydrogen-bond donors (Lipinski definition) is 2. The topological polar surface area (TPSA) is 96.3 Å². The molecule has 0 unspecified atom stereocenters. The fourth-order valence-electron chi connectivity index (χ4n) is 3.43. The van der Waals surface area contributed by atoms with Crippen molar-refractivity contribution in [2.45, 2.75) is 19.9 Å². The van der Waals surface area contributed by atoms with Gasteiger partial charge in [0.1, 0.15) is 5.82 Å². The lowest BCUT2D eigenvalue weighted by Gasteiger charge is -2.27. The van der Waals surface area contributed by atoms with Crippen molar-refractivity contribution in [3.63, 3.8) is 0 Å². The maximum atomic E-state index is 5.46. The van der Waals surface area contributed by atoms with Crippen molar-refractivity contribution in [2.75, 3.05) is 36.5 Å². The van der Waals surface area contributed by atoms with Crippen LogP contribution in [0.2, 0.25) is 0 Å². The number of benzene rings is 1. The maximum absolute atomic E-state index is 5.46. The number of para-hydroxylation sites is 2. The Morgan fingerprint density at radius 3 is 2.82 bits per heavy atom. The van der Waals surface area contributed by atoms with Gasteiger partial charge in [0.2, 0.25) is 11.9 Å². The molecule has 1 fully saturated rings. The number of rotatable bonds is 5. The predicted octanol–water partition coefficient (Wildman–Crippen LogP) is 2.01. The zero-order valence-corrected chi connectivity index (χ0v) is 15.7. The summed E-state index contributed by atoms with van der Waals surface area (Å²) in [6.45, 7) is 5.58. The summed E-state index contributed by atoms with van der Waals surface area (Å²) in [6.07, 6.45) is 2.73. The summed E-state index contributed by atoms with van der Waals surface area (Å²) in [6, 6.07) is 8.00. The number of aromatic nitrogens is 6. The Morgan fingerprint density at radius 2 is 2.00 bits per heavy atom. The molecule has 28 heavy (non-hydrogen) atoms. The Hall–Kier alpha value is -3.20. The minimum absolute atomic E-state index is 0.519. The van der Waals surface area contributed by atoms with E-state index in [2.05, 4.69) is 32.2 Å². The van der Waals surface area contributed by atoms with E-state index in [1.54, 1.807) is 4.52 Å². The minimum atomic E-state index is 0.519. The van der Waals surface area contributed by atoms with Gasteiger partial charge < -0.3 is 19.9 Å². The van der Waals surface area contributed by atoms with Gasteiger partial charge in [-0.3, -0.25) is 0 Å². The number of morpholine rings is 1. The Bertz CT molecular complexity index is 1080. The first-order chi connectivity index (χ1) is 13.8. The highest BCUT2D eigenvalue weighted by molar-refractivity contribution is 5.74. The smallest absolute Gasteiger partial charge is 0.230 e. The fraction of sp³-hybridized carbons (Fsp3) is 0.368. The molecular weight excluding hydrogens is 356 g/mol. The molecule has 4 aromatic rings. The number of H-pyrrole nitrogens is 1. The van der Waals surface area contributed by atoms with Gasteiger partial charge in [-0.05, 0) is 18.6 Å². The summed E-state index contributed by atoms with van der Waals surface area (Å²) in [5, 5.41) is 7.87. The lowest BCUT2D eigenvalue weighted by atomic mass is 10.3. The Kier molecular flexibility index (Phi) is 4.28. The predicted molar refractivity (Wildman–Crippen MR) is 107 cm³/mol. The molecule has 0 aliphatic carbocycles. The normalized spacial score (nSPS) is 14.8. The van der Waals surface area contributed by atoms with Gasteiger partial charge in [0.15, 0.2) is 5.65 Å². The van der Waals surface area contributed by atoms with E-state index in [1.807, 2.05) is 30.5 Å². The van der Waals surface area contributed by atoms with Crippen LogP contribution in [0.15, 0.2) is 30.5 Å². The van der Waals surface area contributed by atoms with Crippen molar-refractivity contribution in [2.24, 2.45) is 0 Å². The molecule has 0 amide bonds. The number of fused-ring (bicyclic) bond motifs is 2. The number of aromatic amines is 1. The van der Waals surface area contributed by atoms with E-state index in [0.29, 0.717) is 31.7 Å². The van der Waals surface area contributed by atoms with E-state index in [9.17, 15) is 0 Å². The first kappa shape index (κ1) is 16.9. The average Bonchev–Trinajstić information content (AvgIpc) is 3.36. The summed E-state index contributed by atoms with van der Waals surface area (Å²) in [5.41, 5.74) is 3.91. The number of aryl methyl sites for hydroxylation is 1. The van der Waals surface area contributed by atoms with E-state index in [-0.39, 0.29) is 0 Å². The van der Waals surface area contributed by atoms with E-state index < -0.39 is 0 Å². The minimum Gasteiger partial charge on any atom is -0.378 e. The average molecular weight is 378 g/mol. The molecule has 9 heteroatoms. The third kappa shape index (κ3) is 3.03. The second-order valence-electron chi connectivity index (χ2n) is 6.76.